The third-order valence-electron chi connectivity index (χ3n) is 4.20. The first-order chi connectivity index (χ1) is 13.7. The van der Waals surface area contributed by atoms with Crippen molar-refractivity contribution in [1.82, 2.24) is 24.7 Å². The molecule has 0 aliphatic carbocycles. The summed E-state index contributed by atoms with van der Waals surface area (Å²) in [4.78, 5) is 24.4. The van der Waals surface area contributed by atoms with Crippen LogP contribution in [0.3, 0.4) is 0 Å². The molecule has 0 aliphatic rings. The van der Waals surface area contributed by atoms with Gasteiger partial charge in [-0.3, -0.25) is 9.48 Å². The van der Waals surface area contributed by atoms with Crippen LogP contribution < -0.4 is 10.1 Å². The average molecular weight is 374 g/mol. The standard InChI is InChI=1S/C20H18N6O2/c1-3-28-16-9-15-19(24-20(16)23-12-27)18(22-11-21-15)14-10-26(2)25-17(14)13-7-5-4-6-8-13/h4-12H,3H2,1-2H3,(H,23,24,27). The van der Waals surface area contributed by atoms with Gasteiger partial charge in [0, 0.05) is 30.4 Å². The van der Waals surface area contributed by atoms with Crippen LogP contribution in [0.2, 0.25) is 0 Å². The summed E-state index contributed by atoms with van der Waals surface area (Å²) in [6, 6.07) is 11.6. The number of carbonyl (C=O) groups excluding carboxylic acids is 1. The van der Waals surface area contributed by atoms with E-state index in [4.69, 9.17) is 4.74 Å². The monoisotopic (exact) mass is 374 g/mol. The molecule has 1 aromatic carbocycles. The Morgan fingerprint density at radius 3 is 2.75 bits per heavy atom. The first-order valence-electron chi connectivity index (χ1n) is 8.79. The van der Waals surface area contributed by atoms with Crippen LogP contribution in [0.15, 0.2) is 48.9 Å². The van der Waals surface area contributed by atoms with Gasteiger partial charge in [-0.05, 0) is 6.92 Å². The molecule has 8 nitrogen and oxygen atoms in total. The van der Waals surface area contributed by atoms with Gasteiger partial charge in [0.1, 0.15) is 23.2 Å². The van der Waals surface area contributed by atoms with Crippen molar-refractivity contribution in [3.63, 3.8) is 0 Å². The van der Waals surface area contributed by atoms with Gasteiger partial charge >= 0.3 is 0 Å². The predicted molar refractivity (Wildman–Crippen MR) is 106 cm³/mol. The third kappa shape index (κ3) is 3.16. The van der Waals surface area contributed by atoms with Crippen LogP contribution in [0.5, 0.6) is 5.75 Å². The van der Waals surface area contributed by atoms with Crippen molar-refractivity contribution in [2.45, 2.75) is 6.92 Å². The molecule has 0 spiro atoms. The average Bonchev–Trinajstić information content (AvgIpc) is 3.10. The number of hydrogen-bond donors (Lipinski definition) is 1. The Hall–Kier alpha value is -3.81. The molecule has 0 bridgehead atoms. The van der Waals surface area contributed by atoms with Crippen molar-refractivity contribution in [1.29, 1.82) is 0 Å². The van der Waals surface area contributed by atoms with Gasteiger partial charge in [-0.1, -0.05) is 30.3 Å². The zero-order valence-corrected chi connectivity index (χ0v) is 15.5. The van der Waals surface area contributed by atoms with Gasteiger partial charge in [0.15, 0.2) is 11.6 Å². The molecule has 0 saturated carbocycles. The fourth-order valence-electron chi connectivity index (χ4n) is 3.06. The van der Waals surface area contributed by atoms with Crippen molar-refractivity contribution in [2.75, 3.05) is 11.9 Å². The Labute approximate surface area is 161 Å². The first kappa shape index (κ1) is 17.6. The van der Waals surface area contributed by atoms with E-state index in [1.54, 1.807) is 10.7 Å². The highest BCUT2D eigenvalue weighted by molar-refractivity contribution is 5.95. The van der Waals surface area contributed by atoms with Gasteiger partial charge in [-0.2, -0.15) is 5.10 Å². The fraction of sp³-hybridized carbons (Fsp3) is 0.150. The maximum atomic E-state index is 11.0. The number of aryl methyl sites for hydroxylation is 1. The molecule has 3 aromatic heterocycles. The highest BCUT2D eigenvalue weighted by Crippen LogP contribution is 2.35. The minimum absolute atomic E-state index is 0.325. The molecule has 4 aromatic rings. The van der Waals surface area contributed by atoms with Crippen molar-refractivity contribution in [2.24, 2.45) is 7.05 Å². The van der Waals surface area contributed by atoms with Gasteiger partial charge in [0.25, 0.3) is 0 Å². The molecule has 4 rings (SSSR count). The second kappa shape index (κ2) is 7.43. The number of rotatable bonds is 6. The van der Waals surface area contributed by atoms with Crippen LogP contribution in [0, 0.1) is 0 Å². The van der Waals surface area contributed by atoms with Gasteiger partial charge in [-0.15, -0.1) is 0 Å². The van der Waals surface area contributed by atoms with E-state index in [-0.39, 0.29) is 0 Å². The highest BCUT2D eigenvalue weighted by Gasteiger charge is 2.19. The second-order valence-corrected chi connectivity index (χ2v) is 6.05. The molecule has 0 atom stereocenters. The number of anilines is 1. The zero-order valence-electron chi connectivity index (χ0n) is 15.5. The van der Waals surface area contributed by atoms with Crippen LogP contribution in [-0.2, 0) is 11.8 Å². The summed E-state index contributed by atoms with van der Waals surface area (Å²) < 4.78 is 7.32. The quantitative estimate of drug-likeness (QED) is 0.521. The van der Waals surface area contributed by atoms with E-state index in [1.807, 2.05) is 50.5 Å². The molecule has 8 heteroatoms. The summed E-state index contributed by atoms with van der Waals surface area (Å²) in [5, 5.41) is 7.19. The number of benzene rings is 1. The van der Waals surface area contributed by atoms with Gasteiger partial charge < -0.3 is 10.1 Å². The molecule has 0 unspecified atom stereocenters. The van der Waals surface area contributed by atoms with E-state index in [2.05, 4.69) is 25.4 Å². The topological polar surface area (TPSA) is 94.8 Å². The molecular formula is C20H18N6O2. The van der Waals surface area contributed by atoms with Crippen molar-refractivity contribution >= 4 is 23.3 Å². The lowest BCUT2D eigenvalue weighted by atomic mass is 10.0. The van der Waals surface area contributed by atoms with Crippen LogP contribution in [0.25, 0.3) is 33.5 Å². The third-order valence-corrected chi connectivity index (χ3v) is 4.20. The van der Waals surface area contributed by atoms with E-state index in [1.165, 1.54) is 6.33 Å². The normalized spacial score (nSPS) is 10.8. The Balaban J connectivity index is 1.95. The summed E-state index contributed by atoms with van der Waals surface area (Å²) in [5.74, 6) is 0.784. The minimum atomic E-state index is 0.325. The molecule has 140 valence electrons. The van der Waals surface area contributed by atoms with E-state index >= 15 is 0 Å². The molecule has 1 amide bonds. The lowest BCUT2D eigenvalue weighted by Gasteiger charge is -2.11. The largest absolute Gasteiger partial charge is 0.490 e. The second-order valence-electron chi connectivity index (χ2n) is 6.05. The van der Waals surface area contributed by atoms with Crippen molar-refractivity contribution in [3.05, 3.63) is 48.9 Å². The Morgan fingerprint density at radius 2 is 2.00 bits per heavy atom. The van der Waals surface area contributed by atoms with Gasteiger partial charge in [0.05, 0.1) is 12.1 Å². The number of fused-ring (bicyclic) bond motifs is 1. The maximum absolute atomic E-state index is 11.0. The Morgan fingerprint density at radius 1 is 1.18 bits per heavy atom. The number of ether oxygens (including phenoxy) is 1. The van der Waals surface area contributed by atoms with Crippen molar-refractivity contribution in [3.8, 4) is 28.3 Å². The number of nitrogens with one attached hydrogen (secondary N) is 1. The number of pyridine rings is 1. The Bertz CT molecular complexity index is 1140. The zero-order chi connectivity index (χ0) is 19.5. The molecule has 3 heterocycles. The highest BCUT2D eigenvalue weighted by atomic mass is 16.5. The minimum Gasteiger partial charge on any atom is -0.490 e. The number of nitrogens with zero attached hydrogens (tertiary/aromatic N) is 5. The summed E-state index contributed by atoms with van der Waals surface area (Å²) in [6.45, 7) is 2.31. The fourth-order valence-corrected chi connectivity index (χ4v) is 3.06. The smallest absolute Gasteiger partial charge is 0.212 e. The van der Waals surface area contributed by atoms with Crippen molar-refractivity contribution < 1.29 is 9.53 Å². The predicted octanol–water partition coefficient (Wildman–Crippen LogP) is 3.06. The van der Waals surface area contributed by atoms with E-state index in [9.17, 15) is 4.79 Å². The molecule has 28 heavy (non-hydrogen) atoms. The number of aromatic nitrogens is 5. The number of carbonyl (C=O) groups is 1. The first-order valence-corrected chi connectivity index (χ1v) is 8.79. The number of amides is 1. The summed E-state index contributed by atoms with van der Waals surface area (Å²) in [5.41, 5.74) is 4.41. The van der Waals surface area contributed by atoms with Crippen LogP contribution in [-0.4, -0.2) is 37.7 Å². The van der Waals surface area contributed by atoms with Crippen LogP contribution >= 0.6 is 0 Å². The van der Waals surface area contributed by atoms with Gasteiger partial charge in [-0.25, -0.2) is 15.0 Å². The molecule has 0 fully saturated rings. The van der Waals surface area contributed by atoms with E-state index < -0.39 is 0 Å². The Kier molecular flexibility index (Phi) is 4.67. The van der Waals surface area contributed by atoms with Crippen LogP contribution in [0.4, 0.5) is 5.82 Å². The van der Waals surface area contributed by atoms with E-state index in [0.29, 0.717) is 41.3 Å². The maximum Gasteiger partial charge on any atom is 0.212 e. The molecule has 0 saturated heterocycles. The number of hydrogen-bond acceptors (Lipinski definition) is 6. The molecular weight excluding hydrogens is 356 g/mol. The van der Waals surface area contributed by atoms with Gasteiger partial charge in [0.2, 0.25) is 6.41 Å². The molecule has 0 aliphatic heterocycles. The van der Waals surface area contributed by atoms with Crippen LogP contribution in [0.1, 0.15) is 6.92 Å². The molecule has 0 radical (unpaired) electrons. The summed E-state index contributed by atoms with van der Waals surface area (Å²) in [7, 11) is 1.86. The summed E-state index contributed by atoms with van der Waals surface area (Å²) >= 11 is 0. The van der Waals surface area contributed by atoms with E-state index in [0.717, 1.165) is 16.8 Å². The summed E-state index contributed by atoms with van der Waals surface area (Å²) in [6.07, 6.45) is 3.96. The SMILES string of the molecule is CCOc1cc2ncnc(-c3cn(C)nc3-c3ccccc3)c2nc1NC=O. The lowest BCUT2D eigenvalue weighted by molar-refractivity contribution is -0.105. The molecule has 1 N–H and O–H groups in total. The lowest BCUT2D eigenvalue weighted by Crippen LogP contribution is -2.04.